The third-order valence-corrected chi connectivity index (χ3v) is 6.93. The van der Waals surface area contributed by atoms with Crippen LogP contribution >= 0.6 is 47.8 Å². The molecule has 1 N–H and O–H groups in total. The van der Waals surface area contributed by atoms with Crippen molar-refractivity contribution >= 4 is 47.8 Å². The number of benzene rings is 4. The van der Waals surface area contributed by atoms with Crippen molar-refractivity contribution in [2.75, 3.05) is 0 Å². The van der Waals surface area contributed by atoms with Gasteiger partial charge in [0.1, 0.15) is 5.60 Å². The highest BCUT2D eigenvalue weighted by atomic mass is 79.9. The first-order chi connectivity index (χ1) is 14.8. The molecule has 0 fully saturated rings. The predicted molar refractivity (Wildman–Crippen MR) is 139 cm³/mol. The summed E-state index contributed by atoms with van der Waals surface area (Å²) >= 11 is 10.4. The molecular formula is C27H21Br3O. The van der Waals surface area contributed by atoms with E-state index in [9.17, 15) is 5.11 Å². The molecule has 0 aliphatic heterocycles. The topological polar surface area (TPSA) is 20.2 Å². The van der Waals surface area contributed by atoms with Crippen LogP contribution in [0, 0.1) is 13.8 Å². The summed E-state index contributed by atoms with van der Waals surface area (Å²) in [6.07, 6.45) is 0. The first-order valence-electron chi connectivity index (χ1n) is 9.91. The fourth-order valence-electron chi connectivity index (χ4n) is 4.03. The van der Waals surface area contributed by atoms with Gasteiger partial charge < -0.3 is 5.11 Å². The largest absolute Gasteiger partial charge is 0.376 e. The highest BCUT2D eigenvalue weighted by Gasteiger charge is 2.43. The van der Waals surface area contributed by atoms with Gasteiger partial charge in [0.25, 0.3) is 0 Å². The van der Waals surface area contributed by atoms with Crippen molar-refractivity contribution in [3.05, 3.63) is 126 Å². The van der Waals surface area contributed by atoms with Gasteiger partial charge in [-0.1, -0.05) is 107 Å². The third-order valence-electron chi connectivity index (χ3n) is 5.45. The summed E-state index contributed by atoms with van der Waals surface area (Å²) in [6.45, 7) is 4.12. The molecular weight excluding hydrogens is 580 g/mol. The number of hydrogen-bond donors (Lipinski definition) is 1. The molecule has 31 heavy (non-hydrogen) atoms. The van der Waals surface area contributed by atoms with E-state index in [2.05, 4.69) is 85.0 Å². The lowest BCUT2D eigenvalue weighted by Gasteiger charge is -2.27. The Morgan fingerprint density at radius 2 is 1.06 bits per heavy atom. The fourth-order valence-corrected chi connectivity index (χ4v) is 5.27. The molecule has 0 spiro atoms. The van der Waals surface area contributed by atoms with Crippen LogP contribution in [0.15, 0.2) is 98.3 Å². The van der Waals surface area contributed by atoms with E-state index in [4.69, 9.17) is 0 Å². The normalized spacial score (nSPS) is 13.1. The predicted octanol–water partition coefficient (Wildman–Crippen LogP) is 8.54. The molecule has 1 aliphatic carbocycles. The molecule has 0 radical (unpaired) electrons. The summed E-state index contributed by atoms with van der Waals surface area (Å²) in [7, 11) is 0. The van der Waals surface area contributed by atoms with E-state index in [-0.39, 0.29) is 0 Å². The van der Waals surface area contributed by atoms with Crippen LogP contribution in [0.3, 0.4) is 0 Å². The third kappa shape index (κ3) is 4.45. The van der Waals surface area contributed by atoms with E-state index in [1.807, 2.05) is 61.5 Å². The first-order valence-corrected chi connectivity index (χ1v) is 12.3. The summed E-state index contributed by atoms with van der Waals surface area (Å²) in [4.78, 5) is 0. The van der Waals surface area contributed by atoms with Gasteiger partial charge in [-0.15, -0.1) is 0 Å². The number of hydrogen-bond acceptors (Lipinski definition) is 1. The molecule has 0 atom stereocenters. The highest BCUT2D eigenvalue weighted by molar-refractivity contribution is 9.11. The van der Waals surface area contributed by atoms with Crippen molar-refractivity contribution in [3.63, 3.8) is 0 Å². The zero-order valence-corrected chi connectivity index (χ0v) is 21.9. The van der Waals surface area contributed by atoms with Gasteiger partial charge in [0.2, 0.25) is 0 Å². The molecule has 1 aliphatic rings. The number of aliphatic hydroxyl groups is 1. The minimum atomic E-state index is -1.13. The van der Waals surface area contributed by atoms with Gasteiger partial charge in [-0.05, 0) is 66.9 Å². The standard InChI is InChI=1S/C20H14Br2O.C7H7Br/c1-12-3-2-4-13(9-12)20(23)18-10-14(21)5-7-16(18)17-8-6-15(22)11-19(17)20;1-6-3-2-4-7(8)5-6/h2-11,23H,1H3;2-5H,1H3. The second-order valence-electron chi connectivity index (χ2n) is 7.76. The molecule has 156 valence electrons. The van der Waals surface area contributed by atoms with Crippen LogP contribution in [-0.2, 0) is 5.60 Å². The summed E-state index contributed by atoms with van der Waals surface area (Å²) in [6, 6.07) is 28.5. The molecule has 4 aromatic carbocycles. The van der Waals surface area contributed by atoms with E-state index in [0.717, 1.165) is 46.8 Å². The zero-order valence-electron chi connectivity index (χ0n) is 17.2. The van der Waals surface area contributed by atoms with Crippen LogP contribution in [0.4, 0.5) is 0 Å². The van der Waals surface area contributed by atoms with Crippen LogP contribution in [0.1, 0.15) is 27.8 Å². The second-order valence-corrected chi connectivity index (χ2v) is 10.5. The zero-order chi connectivity index (χ0) is 22.2. The number of halogens is 3. The lowest BCUT2D eigenvalue weighted by molar-refractivity contribution is 0.130. The molecule has 0 bridgehead atoms. The maximum Gasteiger partial charge on any atom is 0.141 e. The molecule has 0 saturated carbocycles. The van der Waals surface area contributed by atoms with Crippen molar-refractivity contribution in [3.8, 4) is 11.1 Å². The fraction of sp³-hybridized carbons (Fsp3) is 0.111. The second kappa shape index (κ2) is 9.03. The van der Waals surface area contributed by atoms with Gasteiger partial charge in [-0.2, -0.15) is 0 Å². The molecule has 0 amide bonds. The smallest absolute Gasteiger partial charge is 0.141 e. The maximum atomic E-state index is 11.8. The Morgan fingerprint density at radius 1 is 0.581 bits per heavy atom. The SMILES string of the molecule is Cc1cccc(Br)c1.Cc1cccc(C2(O)c3cc(Br)ccc3-c3ccc(Br)cc32)c1. The van der Waals surface area contributed by atoms with Crippen LogP contribution in [-0.4, -0.2) is 5.11 Å². The van der Waals surface area contributed by atoms with Crippen molar-refractivity contribution in [1.29, 1.82) is 0 Å². The minimum absolute atomic E-state index is 0.897. The van der Waals surface area contributed by atoms with Crippen molar-refractivity contribution in [1.82, 2.24) is 0 Å². The Kier molecular flexibility index (Phi) is 6.55. The van der Waals surface area contributed by atoms with Crippen molar-refractivity contribution in [2.45, 2.75) is 19.4 Å². The summed E-state index contributed by atoms with van der Waals surface area (Å²) in [5.74, 6) is 0. The van der Waals surface area contributed by atoms with E-state index in [0.29, 0.717) is 0 Å². The molecule has 0 unspecified atom stereocenters. The average molecular weight is 601 g/mol. The summed E-state index contributed by atoms with van der Waals surface area (Å²) in [5.41, 5.74) is 6.20. The Hall–Kier alpha value is -1.72. The van der Waals surface area contributed by atoms with Gasteiger partial charge in [0, 0.05) is 24.5 Å². The average Bonchev–Trinajstić information content (AvgIpc) is 2.97. The molecule has 0 aromatic heterocycles. The van der Waals surface area contributed by atoms with Crippen LogP contribution in [0.2, 0.25) is 0 Å². The lowest BCUT2D eigenvalue weighted by atomic mass is 9.84. The highest BCUT2D eigenvalue weighted by Crippen LogP contribution is 2.52. The number of fused-ring (bicyclic) bond motifs is 3. The molecule has 0 saturated heterocycles. The summed E-state index contributed by atoms with van der Waals surface area (Å²) < 4.78 is 3.08. The Balaban J connectivity index is 0.000000245. The van der Waals surface area contributed by atoms with E-state index < -0.39 is 5.60 Å². The van der Waals surface area contributed by atoms with Gasteiger partial charge >= 0.3 is 0 Å². The first kappa shape index (κ1) is 22.5. The quantitative estimate of drug-likeness (QED) is 0.232. The molecule has 0 heterocycles. The minimum Gasteiger partial charge on any atom is -0.376 e. The lowest BCUT2D eigenvalue weighted by Crippen LogP contribution is -2.26. The van der Waals surface area contributed by atoms with Crippen molar-refractivity contribution < 1.29 is 5.11 Å². The number of aryl methyl sites for hydroxylation is 2. The van der Waals surface area contributed by atoms with E-state index in [1.54, 1.807) is 0 Å². The van der Waals surface area contributed by atoms with Gasteiger partial charge in [-0.25, -0.2) is 0 Å². The Morgan fingerprint density at radius 3 is 1.52 bits per heavy atom. The molecule has 5 rings (SSSR count). The van der Waals surface area contributed by atoms with Crippen LogP contribution in [0.5, 0.6) is 0 Å². The van der Waals surface area contributed by atoms with E-state index in [1.165, 1.54) is 5.56 Å². The Labute approximate surface area is 208 Å². The van der Waals surface area contributed by atoms with Crippen molar-refractivity contribution in [2.24, 2.45) is 0 Å². The molecule has 4 heteroatoms. The van der Waals surface area contributed by atoms with Gasteiger partial charge in [0.15, 0.2) is 0 Å². The van der Waals surface area contributed by atoms with Crippen LogP contribution in [0.25, 0.3) is 11.1 Å². The van der Waals surface area contributed by atoms with Gasteiger partial charge in [0.05, 0.1) is 0 Å². The van der Waals surface area contributed by atoms with Gasteiger partial charge in [-0.3, -0.25) is 0 Å². The maximum absolute atomic E-state index is 11.8. The van der Waals surface area contributed by atoms with E-state index >= 15 is 0 Å². The molecule has 4 aromatic rings. The molecule has 1 nitrogen and oxygen atoms in total. The Bertz CT molecular complexity index is 1190. The monoisotopic (exact) mass is 598 g/mol. The summed E-state index contributed by atoms with van der Waals surface area (Å²) in [5, 5.41) is 11.8. The number of rotatable bonds is 1. The van der Waals surface area contributed by atoms with Crippen LogP contribution < -0.4 is 0 Å².